The van der Waals surface area contributed by atoms with Crippen LogP contribution in [0.15, 0.2) is 31.3 Å². The summed E-state index contributed by atoms with van der Waals surface area (Å²) in [4.78, 5) is 38.6. The zero-order valence-corrected chi connectivity index (χ0v) is 17.8. The fourth-order valence-corrected chi connectivity index (χ4v) is 3.71. The number of nitrogens with zero attached hydrogens (tertiary/aromatic N) is 3. The van der Waals surface area contributed by atoms with Crippen molar-refractivity contribution in [2.24, 2.45) is 0 Å². The minimum atomic E-state index is -1.03. The molecule has 0 fully saturated rings. The zero-order chi connectivity index (χ0) is 20.6. The first kappa shape index (κ1) is 23.4. The molecule has 0 bridgehead atoms. The van der Waals surface area contributed by atoms with Gasteiger partial charge < -0.3 is 15.3 Å². The van der Waals surface area contributed by atoms with Crippen LogP contribution in [0.2, 0.25) is 0 Å². The summed E-state index contributed by atoms with van der Waals surface area (Å²) in [6, 6.07) is 0. The molecule has 0 aromatic carbocycles. The van der Waals surface area contributed by atoms with Gasteiger partial charge in [-0.25, -0.2) is 24.4 Å². The Morgan fingerprint density at radius 1 is 0.852 bits per heavy atom. The van der Waals surface area contributed by atoms with Crippen molar-refractivity contribution in [2.45, 2.75) is 14.1 Å². The van der Waals surface area contributed by atoms with Crippen LogP contribution in [-0.4, -0.2) is 47.6 Å². The molecule has 0 saturated carbocycles. The molecule has 0 atom stereocenters. The predicted molar refractivity (Wildman–Crippen MR) is 109 cm³/mol. The Morgan fingerprint density at radius 3 is 1.67 bits per heavy atom. The van der Waals surface area contributed by atoms with Gasteiger partial charge in [0.25, 0.3) is 0 Å². The first-order chi connectivity index (χ1) is 12.6. The van der Waals surface area contributed by atoms with Crippen molar-refractivity contribution in [3.63, 3.8) is 0 Å². The van der Waals surface area contributed by atoms with Gasteiger partial charge in [0.2, 0.25) is 0 Å². The van der Waals surface area contributed by atoms with Gasteiger partial charge in [-0.05, 0) is 11.5 Å². The Kier molecular flexibility index (Phi) is 9.75. The Bertz CT molecular complexity index is 816. The molecule has 3 rings (SSSR count). The quantitative estimate of drug-likeness (QED) is 0.308. The Morgan fingerprint density at radius 2 is 1.44 bits per heavy atom. The smallest absolute Gasteiger partial charge is 0.356 e. The van der Waals surface area contributed by atoms with E-state index in [1.807, 2.05) is 0 Å². The molecule has 3 aromatic heterocycles. The average molecular weight is 484 g/mol. The first-order valence-corrected chi connectivity index (χ1v) is 10.1. The number of carbonyl (C=O) groups is 3. The van der Waals surface area contributed by atoms with Crippen molar-refractivity contribution in [1.82, 2.24) is 14.3 Å². The molecule has 0 radical (unpaired) electrons. The topological polar surface area (TPSA) is 151 Å². The number of thiazole rings is 2. The third-order valence-corrected chi connectivity index (χ3v) is 5.98. The summed E-state index contributed by atoms with van der Waals surface area (Å²) in [5.74, 6) is -2.97. The lowest BCUT2D eigenvalue weighted by atomic mass is 10.5. The minimum Gasteiger partial charge on any atom is -0.477 e. The lowest BCUT2D eigenvalue weighted by Crippen LogP contribution is -1.96. The number of hydrogen-bond donors (Lipinski definition) is 6. The number of thiol groups is 3. The molecule has 0 saturated heterocycles. The highest BCUT2D eigenvalue weighted by Crippen LogP contribution is 2.17. The number of aromatic carboxylic acids is 3. The standard InChI is InChI=1S/3C4H3NO2S2/c6-4(7)2-3(8)5-1-9-2;6-3(7)2-4(8)9-1-5-2;6-4(7)3-2(8)1-5-9-3/h3*1,8H,(H,6,7). The van der Waals surface area contributed by atoms with Crippen molar-refractivity contribution in [1.29, 1.82) is 0 Å². The molecule has 9 nitrogen and oxygen atoms in total. The van der Waals surface area contributed by atoms with Crippen LogP contribution < -0.4 is 0 Å². The first-order valence-electron chi connectivity index (χ1n) is 6.23. The van der Waals surface area contributed by atoms with Gasteiger partial charge in [-0.15, -0.1) is 60.6 Å². The third-order valence-electron chi connectivity index (χ3n) is 2.24. The molecular formula is C12H9N3O6S6. The van der Waals surface area contributed by atoms with E-state index in [-0.39, 0.29) is 20.5 Å². The van der Waals surface area contributed by atoms with Crippen LogP contribution in [0, 0.1) is 0 Å². The van der Waals surface area contributed by atoms with Crippen molar-refractivity contribution < 1.29 is 29.7 Å². The van der Waals surface area contributed by atoms with Crippen LogP contribution >= 0.6 is 72.1 Å². The van der Waals surface area contributed by atoms with E-state index in [0.717, 1.165) is 22.9 Å². The van der Waals surface area contributed by atoms with E-state index < -0.39 is 17.9 Å². The van der Waals surface area contributed by atoms with Crippen LogP contribution in [0.25, 0.3) is 0 Å². The van der Waals surface area contributed by atoms with E-state index in [1.54, 1.807) is 0 Å². The molecule has 0 spiro atoms. The Hall–Kier alpha value is -1.65. The van der Waals surface area contributed by atoms with Gasteiger partial charge in [-0.2, -0.15) is 4.37 Å². The lowest BCUT2D eigenvalue weighted by molar-refractivity contribution is 0.0680. The largest absolute Gasteiger partial charge is 0.477 e. The summed E-state index contributed by atoms with van der Waals surface area (Å²) in [6.07, 6.45) is 1.41. The highest BCUT2D eigenvalue weighted by Gasteiger charge is 2.10. The lowest BCUT2D eigenvalue weighted by Gasteiger charge is -1.83. The number of carboxylic acid groups (broad SMARTS) is 3. The fourth-order valence-electron chi connectivity index (χ4n) is 1.16. The van der Waals surface area contributed by atoms with Crippen molar-refractivity contribution in [3.8, 4) is 0 Å². The van der Waals surface area contributed by atoms with Gasteiger partial charge in [-0.1, -0.05) is 0 Å². The minimum absolute atomic E-state index is 0.0309. The second-order valence-corrected chi connectivity index (χ2v) is 8.13. The van der Waals surface area contributed by atoms with Gasteiger partial charge in [-0.3, -0.25) is 0 Å². The molecule has 144 valence electrons. The van der Waals surface area contributed by atoms with Crippen LogP contribution in [0.5, 0.6) is 0 Å². The monoisotopic (exact) mass is 483 g/mol. The summed E-state index contributed by atoms with van der Waals surface area (Å²) in [5, 5.41) is 25.4. The number of carboxylic acids is 3. The number of hydrogen-bond acceptors (Lipinski definition) is 12. The second-order valence-electron chi connectivity index (χ2n) is 3.97. The summed E-state index contributed by atoms with van der Waals surface area (Å²) in [7, 11) is 0. The summed E-state index contributed by atoms with van der Waals surface area (Å²) < 4.78 is 4.07. The van der Waals surface area contributed by atoms with E-state index in [1.165, 1.54) is 28.6 Å². The number of aromatic nitrogens is 3. The highest BCUT2D eigenvalue weighted by atomic mass is 32.2. The van der Waals surface area contributed by atoms with Crippen LogP contribution in [0.1, 0.15) is 29.8 Å². The predicted octanol–water partition coefficient (Wildman–Crippen LogP) is 3.39. The van der Waals surface area contributed by atoms with Crippen molar-refractivity contribution in [3.05, 3.63) is 32.7 Å². The molecule has 0 aliphatic rings. The maximum atomic E-state index is 10.2. The number of rotatable bonds is 3. The van der Waals surface area contributed by atoms with E-state index in [9.17, 15) is 14.4 Å². The van der Waals surface area contributed by atoms with Crippen molar-refractivity contribution in [2.75, 3.05) is 0 Å². The Balaban J connectivity index is 0.000000202. The second kappa shape index (κ2) is 11.3. The third kappa shape index (κ3) is 7.47. The van der Waals surface area contributed by atoms with E-state index in [2.05, 4.69) is 52.2 Å². The average Bonchev–Trinajstić information content (AvgIpc) is 3.29. The van der Waals surface area contributed by atoms with Crippen LogP contribution in [0.4, 0.5) is 0 Å². The molecule has 0 aliphatic heterocycles. The summed E-state index contributed by atoms with van der Waals surface area (Å²) in [5.41, 5.74) is 2.93. The molecule has 3 heterocycles. The maximum Gasteiger partial charge on any atom is 0.356 e. The van der Waals surface area contributed by atoms with E-state index >= 15 is 0 Å². The fraction of sp³-hybridized carbons (Fsp3) is 0. The van der Waals surface area contributed by atoms with Gasteiger partial charge >= 0.3 is 17.9 Å². The van der Waals surface area contributed by atoms with E-state index in [0.29, 0.717) is 9.10 Å². The molecule has 0 unspecified atom stereocenters. The highest BCUT2D eigenvalue weighted by molar-refractivity contribution is 7.83. The molecule has 0 aliphatic carbocycles. The maximum absolute atomic E-state index is 10.2. The molecular weight excluding hydrogens is 475 g/mol. The van der Waals surface area contributed by atoms with Gasteiger partial charge in [0.15, 0.2) is 5.69 Å². The van der Waals surface area contributed by atoms with Gasteiger partial charge in [0, 0.05) is 4.90 Å². The van der Waals surface area contributed by atoms with E-state index in [4.69, 9.17) is 15.3 Å². The Labute approximate surface area is 180 Å². The molecule has 3 aromatic rings. The van der Waals surface area contributed by atoms with Crippen LogP contribution in [-0.2, 0) is 0 Å². The van der Waals surface area contributed by atoms with Gasteiger partial charge in [0.05, 0.1) is 21.4 Å². The SMILES string of the molecule is O=C(O)c1ncsc1S.O=C(O)c1scnc1S.O=C(O)c1sncc1S. The summed E-state index contributed by atoms with van der Waals surface area (Å²) >= 11 is 14.7. The molecule has 15 heteroatoms. The summed E-state index contributed by atoms with van der Waals surface area (Å²) in [6.45, 7) is 0. The molecule has 3 N–H and O–H groups in total. The van der Waals surface area contributed by atoms with Crippen LogP contribution in [0.3, 0.4) is 0 Å². The van der Waals surface area contributed by atoms with Gasteiger partial charge in [0.1, 0.15) is 14.8 Å². The zero-order valence-electron chi connectivity index (χ0n) is 12.7. The normalized spacial score (nSPS) is 9.44. The van der Waals surface area contributed by atoms with Crippen molar-refractivity contribution >= 4 is 90.0 Å². The molecule has 27 heavy (non-hydrogen) atoms. The molecule has 0 amide bonds.